The Bertz CT molecular complexity index is 491. The first-order valence-corrected chi connectivity index (χ1v) is 6.93. The standard InChI is InChI=1S/C14H23N3O4/c1-5-17-9-10(8-15-17)12(18)16-11(13(19)20)6-7-21-14(2,3)4/h8-9,11H,5-7H2,1-4H3,(H,16,18)(H,19,20). The summed E-state index contributed by atoms with van der Waals surface area (Å²) in [7, 11) is 0. The van der Waals surface area contributed by atoms with Gasteiger partial charge in [0, 0.05) is 25.8 Å². The number of hydrogen-bond donors (Lipinski definition) is 2. The summed E-state index contributed by atoms with van der Waals surface area (Å²) in [4.78, 5) is 23.2. The Hall–Kier alpha value is -1.89. The third-order valence-electron chi connectivity index (χ3n) is 2.76. The summed E-state index contributed by atoms with van der Waals surface area (Å²) in [6.45, 7) is 8.48. The van der Waals surface area contributed by atoms with Crippen LogP contribution in [-0.2, 0) is 16.1 Å². The van der Waals surface area contributed by atoms with Gasteiger partial charge in [-0.05, 0) is 27.7 Å². The third-order valence-corrected chi connectivity index (χ3v) is 2.76. The molecule has 1 atom stereocenters. The number of aryl methyl sites for hydroxylation is 1. The highest BCUT2D eigenvalue weighted by molar-refractivity contribution is 5.96. The Morgan fingerprint density at radius 3 is 2.62 bits per heavy atom. The van der Waals surface area contributed by atoms with Crippen LogP contribution in [-0.4, -0.2) is 45.0 Å². The Labute approximate surface area is 124 Å². The number of rotatable bonds is 7. The zero-order chi connectivity index (χ0) is 16.0. The number of carboxylic acids is 1. The van der Waals surface area contributed by atoms with E-state index in [2.05, 4.69) is 10.4 Å². The summed E-state index contributed by atoms with van der Waals surface area (Å²) < 4.78 is 7.09. The second kappa shape index (κ2) is 7.21. The normalized spacial score (nSPS) is 13.0. The van der Waals surface area contributed by atoms with Crippen molar-refractivity contribution in [3.8, 4) is 0 Å². The van der Waals surface area contributed by atoms with Crippen molar-refractivity contribution in [3.63, 3.8) is 0 Å². The van der Waals surface area contributed by atoms with Gasteiger partial charge >= 0.3 is 5.97 Å². The maximum absolute atomic E-state index is 12.0. The van der Waals surface area contributed by atoms with E-state index in [1.54, 1.807) is 10.9 Å². The molecule has 1 amide bonds. The number of carbonyl (C=O) groups is 2. The molecule has 1 aromatic rings. The molecule has 118 valence electrons. The van der Waals surface area contributed by atoms with Gasteiger partial charge in [0.15, 0.2) is 0 Å². The Morgan fingerprint density at radius 1 is 1.48 bits per heavy atom. The van der Waals surface area contributed by atoms with Gasteiger partial charge in [0.1, 0.15) is 6.04 Å². The highest BCUT2D eigenvalue weighted by Crippen LogP contribution is 2.08. The second-order valence-electron chi connectivity index (χ2n) is 5.70. The van der Waals surface area contributed by atoms with Crippen LogP contribution in [0.4, 0.5) is 0 Å². The average Bonchev–Trinajstić information content (AvgIpc) is 2.84. The first kappa shape index (κ1) is 17.2. The van der Waals surface area contributed by atoms with E-state index >= 15 is 0 Å². The largest absolute Gasteiger partial charge is 0.480 e. The number of aromatic nitrogens is 2. The summed E-state index contributed by atoms with van der Waals surface area (Å²) in [5.41, 5.74) is 0.00911. The van der Waals surface area contributed by atoms with E-state index < -0.39 is 17.9 Å². The lowest BCUT2D eigenvalue weighted by Crippen LogP contribution is -2.42. The lowest BCUT2D eigenvalue weighted by Gasteiger charge is -2.21. The van der Waals surface area contributed by atoms with Gasteiger partial charge in [-0.25, -0.2) is 4.79 Å². The molecule has 1 unspecified atom stereocenters. The van der Waals surface area contributed by atoms with E-state index in [4.69, 9.17) is 9.84 Å². The van der Waals surface area contributed by atoms with Crippen molar-refractivity contribution in [2.75, 3.05) is 6.61 Å². The maximum atomic E-state index is 12.0. The summed E-state index contributed by atoms with van der Waals surface area (Å²) in [6, 6.07) is -0.982. The minimum Gasteiger partial charge on any atom is -0.480 e. The number of nitrogens with zero attached hydrogens (tertiary/aromatic N) is 2. The monoisotopic (exact) mass is 297 g/mol. The molecular weight excluding hydrogens is 274 g/mol. The van der Waals surface area contributed by atoms with Gasteiger partial charge in [0.2, 0.25) is 0 Å². The minimum absolute atomic E-state index is 0.209. The summed E-state index contributed by atoms with van der Waals surface area (Å²) >= 11 is 0. The molecule has 7 nitrogen and oxygen atoms in total. The molecule has 0 aliphatic heterocycles. The number of hydrogen-bond acceptors (Lipinski definition) is 4. The Morgan fingerprint density at radius 2 is 2.14 bits per heavy atom. The van der Waals surface area contributed by atoms with Crippen molar-refractivity contribution in [1.82, 2.24) is 15.1 Å². The van der Waals surface area contributed by atoms with Gasteiger partial charge in [-0.2, -0.15) is 5.10 Å². The van der Waals surface area contributed by atoms with Crippen LogP contribution in [0.25, 0.3) is 0 Å². The van der Waals surface area contributed by atoms with E-state index in [-0.39, 0.29) is 18.6 Å². The lowest BCUT2D eigenvalue weighted by molar-refractivity contribution is -0.140. The molecule has 0 saturated carbocycles. The van der Waals surface area contributed by atoms with Crippen LogP contribution < -0.4 is 5.32 Å². The maximum Gasteiger partial charge on any atom is 0.326 e. The molecule has 0 aliphatic carbocycles. The van der Waals surface area contributed by atoms with E-state index in [0.29, 0.717) is 12.1 Å². The van der Waals surface area contributed by atoms with Crippen LogP contribution in [0.3, 0.4) is 0 Å². The zero-order valence-corrected chi connectivity index (χ0v) is 12.9. The van der Waals surface area contributed by atoms with Gasteiger partial charge in [-0.1, -0.05) is 0 Å². The fraction of sp³-hybridized carbons (Fsp3) is 0.643. The fourth-order valence-electron chi connectivity index (χ4n) is 1.64. The second-order valence-corrected chi connectivity index (χ2v) is 5.70. The highest BCUT2D eigenvalue weighted by Gasteiger charge is 2.22. The number of nitrogens with one attached hydrogen (secondary N) is 1. The molecule has 1 rings (SSSR count). The fourth-order valence-corrected chi connectivity index (χ4v) is 1.64. The van der Waals surface area contributed by atoms with E-state index in [1.807, 2.05) is 27.7 Å². The molecule has 1 heterocycles. The quantitative estimate of drug-likeness (QED) is 0.791. The predicted octanol–water partition coefficient (Wildman–Crippen LogP) is 1.29. The number of amides is 1. The predicted molar refractivity (Wildman–Crippen MR) is 77.1 cm³/mol. The molecule has 0 saturated heterocycles. The topological polar surface area (TPSA) is 93.5 Å². The highest BCUT2D eigenvalue weighted by atomic mass is 16.5. The number of aliphatic carboxylic acids is 1. The third kappa shape index (κ3) is 5.95. The number of carboxylic acid groups (broad SMARTS) is 1. The van der Waals surface area contributed by atoms with E-state index in [1.165, 1.54) is 6.20 Å². The van der Waals surface area contributed by atoms with Gasteiger partial charge in [0.05, 0.1) is 17.4 Å². The van der Waals surface area contributed by atoms with E-state index in [0.717, 1.165) is 0 Å². The molecule has 1 aromatic heterocycles. The molecule has 0 fully saturated rings. The molecule has 21 heavy (non-hydrogen) atoms. The Kier molecular flexibility index (Phi) is 5.90. The van der Waals surface area contributed by atoms with Crippen LogP contribution in [0, 0.1) is 0 Å². The van der Waals surface area contributed by atoms with Crippen molar-refractivity contribution >= 4 is 11.9 Å². The van der Waals surface area contributed by atoms with Crippen LogP contribution in [0.2, 0.25) is 0 Å². The average molecular weight is 297 g/mol. The van der Waals surface area contributed by atoms with Gasteiger partial charge in [0.25, 0.3) is 5.91 Å². The number of carbonyl (C=O) groups excluding carboxylic acids is 1. The van der Waals surface area contributed by atoms with E-state index in [9.17, 15) is 9.59 Å². The molecule has 2 N–H and O–H groups in total. The molecule has 0 radical (unpaired) electrons. The Balaban J connectivity index is 2.57. The summed E-state index contributed by atoms with van der Waals surface area (Å²) in [5.74, 6) is -1.53. The molecule has 7 heteroatoms. The van der Waals surface area contributed by atoms with Crippen LogP contribution >= 0.6 is 0 Å². The first-order chi connectivity index (χ1) is 9.73. The van der Waals surface area contributed by atoms with Gasteiger partial charge in [-0.3, -0.25) is 9.48 Å². The molecule has 0 aliphatic rings. The van der Waals surface area contributed by atoms with Crippen LogP contribution in [0.5, 0.6) is 0 Å². The van der Waals surface area contributed by atoms with Crippen LogP contribution in [0.15, 0.2) is 12.4 Å². The SMILES string of the molecule is CCn1cc(C(=O)NC(CCOC(C)(C)C)C(=O)O)cn1. The number of ether oxygens (including phenoxy) is 1. The van der Waals surface area contributed by atoms with Gasteiger partial charge < -0.3 is 15.2 Å². The van der Waals surface area contributed by atoms with Gasteiger partial charge in [-0.15, -0.1) is 0 Å². The minimum atomic E-state index is -1.08. The lowest BCUT2D eigenvalue weighted by atomic mass is 10.1. The molecule has 0 aromatic carbocycles. The summed E-state index contributed by atoms with van der Waals surface area (Å²) in [5, 5.41) is 15.6. The van der Waals surface area contributed by atoms with Crippen LogP contribution in [0.1, 0.15) is 44.5 Å². The van der Waals surface area contributed by atoms with Crippen molar-refractivity contribution in [3.05, 3.63) is 18.0 Å². The van der Waals surface area contributed by atoms with Crippen molar-refractivity contribution < 1.29 is 19.4 Å². The van der Waals surface area contributed by atoms with Crippen molar-refractivity contribution in [1.29, 1.82) is 0 Å². The van der Waals surface area contributed by atoms with Crippen molar-refractivity contribution in [2.24, 2.45) is 0 Å². The molecule has 0 bridgehead atoms. The zero-order valence-electron chi connectivity index (χ0n) is 12.9. The molecule has 0 spiro atoms. The molecular formula is C14H23N3O4. The summed E-state index contributed by atoms with van der Waals surface area (Å²) in [6.07, 6.45) is 3.21. The smallest absolute Gasteiger partial charge is 0.326 e. The first-order valence-electron chi connectivity index (χ1n) is 6.93. The van der Waals surface area contributed by atoms with Crippen molar-refractivity contribution in [2.45, 2.75) is 52.3 Å².